The predicted molar refractivity (Wildman–Crippen MR) is 85.0 cm³/mol. The van der Waals surface area contributed by atoms with Crippen LogP contribution in [0.2, 0.25) is 0 Å². The molecule has 114 valence electrons. The van der Waals surface area contributed by atoms with E-state index >= 15 is 0 Å². The SMILES string of the molecule is CCNCc1cn(CCC(=O)NC(C)C)c2ncccc12. The second-order valence-electron chi connectivity index (χ2n) is 5.47. The summed E-state index contributed by atoms with van der Waals surface area (Å²) in [6.45, 7) is 8.44. The maximum Gasteiger partial charge on any atom is 0.221 e. The largest absolute Gasteiger partial charge is 0.354 e. The van der Waals surface area contributed by atoms with Crippen LogP contribution in [0, 0.1) is 0 Å². The number of amides is 1. The van der Waals surface area contributed by atoms with Crippen molar-refractivity contribution in [2.24, 2.45) is 0 Å². The van der Waals surface area contributed by atoms with Gasteiger partial charge in [0.15, 0.2) is 0 Å². The summed E-state index contributed by atoms with van der Waals surface area (Å²) in [5.74, 6) is 0.0796. The van der Waals surface area contributed by atoms with Crippen LogP contribution in [0.15, 0.2) is 24.5 Å². The number of nitrogens with one attached hydrogen (secondary N) is 2. The van der Waals surface area contributed by atoms with Gasteiger partial charge < -0.3 is 15.2 Å². The molecule has 5 nitrogen and oxygen atoms in total. The fraction of sp³-hybridized carbons (Fsp3) is 0.500. The van der Waals surface area contributed by atoms with Crippen molar-refractivity contribution in [1.29, 1.82) is 0 Å². The van der Waals surface area contributed by atoms with Crippen molar-refractivity contribution in [3.8, 4) is 0 Å². The molecule has 0 bridgehead atoms. The van der Waals surface area contributed by atoms with Gasteiger partial charge in [0.1, 0.15) is 5.65 Å². The Morgan fingerprint density at radius 2 is 2.24 bits per heavy atom. The Balaban J connectivity index is 2.14. The van der Waals surface area contributed by atoms with Gasteiger partial charge in [0.25, 0.3) is 0 Å². The molecular weight excluding hydrogens is 264 g/mol. The minimum atomic E-state index is 0.0796. The average Bonchev–Trinajstić information content (AvgIpc) is 2.80. The Bertz CT molecular complexity index is 603. The van der Waals surface area contributed by atoms with E-state index in [1.165, 1.54) is 5.56 Å². The first-order chi connectivity index (χ1) is 10.1. The lowest BCUT2D eigenvalue weighted by Gasteiger charge is -2.09. The highest BCUT2D eigenvalue weighted by Crippen LogP contribution is 2.19. The Morgan fingerprint density at radius 1 is 1.43 bits per heavy atom. The lowest BCUT2D eigenvalue weighted by atomic mass is 10.2. The first-order valence-electron chi connectivity index (χ1n) is 7.54. The number of carbonyl (C=O) groups is 1. The van der Waals surface area contributed by atoms with Crippen molar-refractivity contribution in [1.82, 2.24) is 20.2 Å². The molecule has 0 saturated carbocycles. The highest BCUT2D eigenvalue weighted by atomic mass is 16.1. The third-order valence-corrected chi connectivity index (χ3v) is 3.31. The highest BCUT2D eigenvalue weighted by molar-refractivity contribution is 5.81. The number of hydrogen-bond donors (Lipinski definition) is 2. The van der Waals surface area contributed by atoms with Crippen LogP contribution in [0.4, 0.5) is 0 Å². The third kappa shape index (κ3) is 4.04. The van der Waals surface area contributed by atoms with Crippen molar-refractivity contribution < 1.29 is 4.79 Å². The van der Waals surface area contributed by atoms with E-state index in [4.69, 9.17) is 0 Å². The van der Waals surface area contributed by atoms with Gasteiger partial charge in [-0.2, -0.15) is 0 Å². The third-order valence-electron chi connectivity index (χ3n) is 3.31. The summed E-state index contributed by atoms with van der Waals surface area (Å²) in [5.41, 5.74) is 2.17. The second kappa shape index (κ2) is 7.22. The molecule has 21 heavy (non-hydrogen) atoms. The van der Waals surface area contributed by atoms with E-state index in [9.17, 15) is 4.79 Å². The molecule has 0 saturated heterocycles. The Hall–Kier alpha value is -1.88. The van der Waals surface area contributed by atoms with E-state index in [-0.39, 0.29) is 11.9 Å². The van der Waals surface area contributed by atoms with Crippen molar-refractivity contribution in [2.75, 3.05) is 6.54 Å². The van der Waals surface area contributed by atoms with Crippen LogP contribution in [0.25, 0.3) is 11.0 Å². The summed E-state index contributed by atoms with van der Waals surface area (Å²) in [4.78, 5) is 16.2. The molecule has 2 heterocycles. The molecule has 0 aliphatic heterocycles. The van der Waals surface area contributed by atoms with Crippen molar-refractivity contribution in [3.63, 3.8) is 0 Å². The van der Waals surface area contributed by atoms with Crippen LogP contribution >= 0.6 is 0 Å². The molecule has 0 aliphatic carbocycles. The van der Waals surface area contributed by atoms with E-state index in [0.29, 0.717) is 13.0 Å². The van der Waals surface area contributed by atoms with E-state index in [0.717, 1.165) is 24.1 Å². The Labute approximate surface area is 125 Å². The summed E-state index contributed by atoms with van der Waals surface area (Å²) in [6.07, 6.45) is 4.37. The van der Waals surface area contributed by atoms with E-state index < -0.39 is 0 Å². The second-order valence-corrected chi connectivity index (χ2v) is 5.47. The molecule has 0 spiro atoms. The molecule has 0 fully saturated rings. The number of aromatic nitrogens is 2. The molecule has 2 N–H and O–H groups in total. The maximum absolute atomic E-state index is 11.8. The van der Waals surface area contributed by atoms with Gasteiger partial charge in [-0.15, -0.1) is 0 Å². The molecule has 0 radical (unpaired) electrons. The predicted octanol–water partition coefficient (Wildman–Crippen LogP) is 2.06. The zero-order valence-corrected chi connectivity index (χ0v) is 13.0. The Kier molecular flexibility index (Phi) is 5.33. The van der Waals surface area contributed by atoms with Crippen LogP contribution in [0.1, 0.15) is 32.8 Å². The number of aryl methyl sites for hydroxylation is 1. The van der Waals surface area contributed by atoms with Gasteiger partial charge in [-0.3, -0.25) is 4.79 Å². The lowest BCUT2D eigenvalue weighted by molar-refractivity contribution is -0.121. The quantitative estimate of drug-likeness (QED) is 0.820. The Morgan fingerprint density at radius 3 is 2.95 bits per heavy atom. The number of hydrogen-bond acceptors (Lipinski definition) is 3. The van der Waals surface area contributed by atoms with Crippen molar-refractivity contribution in [2.45, 2.75) is 46.3 Å². The van der Waals surface area contributed by atoms with Gasteiger partial charge in [0.05, 0.1) is 0 Å². The first kappa shape index (κ1) is 15.5. The lowest BCUT2D eigenvalue weighted by Crippen LogP contribution is -2.30. The number of rotatable bonds is 7. The number of nitrogens with zero attached hydrogens (tertiary/aromatic N) is 2. The first-order valence-corrected chi connectivity index (χ1v) is 7.54. The van der Waals surface area contributed by atoms with Crippen LogP contribution in [0.3, 0.4) is 0 Å². The normalized spacial score (nSPS) is 11.2. The monoisotopic (exact) mass is 288 g/mol. The van der Waals surface area contributed by atoms with Gasteiger partial charge in [-0.25, -0.2) is 4.98 Å². The number of fused-ring (bicyclic) bond motifs is 1. The molecule has 2 aromatic rings. The molecule has 1 amide bonds. The fourth-order valence-corrected chi connectivity index (χ4v) is 2.38. The standard InChI is InChI=1S/C16H24N4O/c1-4-17-10-13-11-20(9-7-15(21)19-12(2)3)16-14(13)6-5-8-18-16/h5-6,8,11-12,17H,4,7,9-10H2,1-3H3,(H,19,21). The molecule has 2 aromatic heterocycles. The zero-order valence-electron chi connectivity index (χ0n) is 13.0. The van der Waals surface area contributed by atoms with Crippen LogP contribution in [-0.2, 0) is 17.9 Å². The molecule has 0 atom stereocenters. The fourth-order valence-electron chi connectivity index (χ4n) is 2.38. The van der Waals surface area contributed by atoms with Crippen LogP contribution in [0.5, 0.6) is 0 Å². The summed E-state index contributed by atoms with van der Waals surface area (Å²) < 4.78 is 2.07. The van der Waals surface area contributed by atoms with Crippen molar-refractivity contribution in [3.05, 3.63) is 30.1 Å². The van der Waals surface area contributed by atoms with Crippen molar-refractivity contribution >= 4 is 16.9 Å². The van der Waals surface area contributed by atoms with E-state index in [2.05, 4.69) is 39.4 Å². The van der Waals surface area contributed by atoms with Gasteiger partial charge >= 0.3 is 0 Å². The van der Waals surface area contributed by atoms with E-state index in [1.54, 1.807) is 6.20 Å². The molecule has 0 unspecified atom stereocenters. The molecule has 0 aromatic carbocycles. The summed E-state index contributed by atoms with van der Waals surface area (Å²) in [7, 11) is 0. The minimum Gasteiger partial charge on any atom is -0.354 e. The van der Waals surface area contributed by atoms with Crippen LogP contribution < -0.4 is 10.6 Å². The smallest absolute Gasteiger partial charge is 0.221 e. The zero-order chi connectivity index (χ0) is 15.2. The van der Waals surface area contributed by atoms with Gasteiger partial charge in [0, 0.05) is 43.3 Å². The number of pyridine rings is 1. The topological polar surface area (TPSA) is 59.0 Å². The summed E-state index contributed by atoms with van der Waals surface area (Å²) in [5, 5.41) is 7.41. The molecule has 2 rings (SSSR count). The average molecular weight is 288 g/mol. The maximum atomic E-state index is 11.8. The summed E-state index contributed by atoms with van der Waals surface area (Å²) >= 11 is 0. The minimum absolute atomic E-state index is 0.0796. The molecular formula is C16H24N4O. The van der Waals surface area contributed by atoms with Gasteiger partial charge in [-0.05, 0) is 38.1 Å². The van der Waals surface area contributed by atoms with E-state index in [1.807, 2.05) is 19.9 Å². The van der Waals surface area contributed by atoms with Gasteiger partial charge in [-0.1, -0.05) is 6.92 Å². The van der Waals surface area contributed by atoms with Crippen LogP contribution in [-0.4, -0.2) is 28.0 Å². The summed E-state index contributed by atoms with van der Waals surface area (Å²) in [6, 6.07) is 4.22. The molecule has 0 aliphatic rings. The van der Waals surface area contributed by atoms with Gasteiger partial charge in [0.2, 0.25) is 5.91 Å². The number of carbonyl (C=O) groups excluding carboxylic acids is 1. The highest BCUT2D eigenvalue weighted by Gasteiger charge is 2.10. The molecule has 5 heteroatoms.